The molecule has 0 radical (unpaired) electrons. The molecule has 0 spiro atoms. The Labute approximate surface area is 62.7 Å². The molecule has 0 saturated carbocycles. The monoisotopic (exact) mass is 163 g/mol. The van der Waals surface area contributed by atoms with Crippen LogP contribution in [0, 0.1) is 0 Å². The molecule has 5 heteroatoms. The van der Waals surface area contributed by atoms with Gasteiger partial charge in [-0.3, -0.25) is 4.79 Å². The van der Waals surface area contributed by atoms with E-state index < -0.39 is 9.45 Å². The fourth-order valence-electron chi connectivity index (χ4n) is 0.561. The zero-order valence-electron chi connectivity index (χ0n) is 6.75. The summed E-state index contributed by atoms with van der Waals surface area (Å²) in [7, 11) is 2.90. The lowest BCUT2D eigenvalue weighted by molar-refractivity contribution is -0.125. The summed E-state index contributed by atoms with van der Waals surface area (Å²) >= 11 is 0. The summed E-state index contributed by atoms with van der Waals surface area (Å²) in [5.41, 5.74) is 0. The summed E-state index contributed by atoms with van der Waals surface area (Å²) in [5.74, 6) is -0.0274. The van der Waals surface area contributed by atoms with Gasteiger partial charge in [-0.1, -0.05) is 0 Å². The second-order valence-corrected chi connectivity index (χ2v) is 4.24. The van der Waals surface area contributed by atoms with Crippen molar-refractivity contribution in [2.75, 3.05) is 21.3 Å². The molecule has 0 heterocycles. The van der Waals surface area contributed by atoms with Crippen LogP contribution in [0.3, 0.4) is 0 Å². The van der Waals surface area contributed by atoms with Gasteiger partial charge in [0.25, 0.3) is 0 Å². The number of amides is 1. The first kappa shape index (κ1) is 9.61. The van der Waals surface area contributed by atoms with Crippen molar-refractivity contribution in [3.63, 3.8) is 0 Å². The number of carbonyl (C=O) groups excluding carboxylic acids is 1. The van der Waals surface area contributed by atoms with Crippen molar-refractivity contribution < 1.29 is 13.6 Å². The Bertz CT molecular complexity index is 115. The van der Waals surface area contributed by atoms with Gasteiger partial charge in [0.05, 0.1) is 0 Å². The lowest BCUT2D eigenvalue weighted by Crippen LogP contribution is -2.42. The minimum atomic E-state index is -1.86. The first-order valence-electron chi connectivity index (χ1n) is 2.92. The van der Waals surface area contributed by atoms with E-state index in [1.165, 1.54) is 11.5 Å². The highest BCUT2D eigenvalue weighted by atomic mass is 28.3. The van der Waals surface area contributed by atoms with Crippen LogP contribution in [0.1, 0.15) is 6.92 Å². The quantitative estimate of drug-likeness (QED) is 0.525. The number of nitrogens with zero attached hydrogens (tertiary/aromatic N) is 1. The summed E-state index contributed by atoms with van der Waals surface area (Å²) in [4.78, 5) is 10.7. The van der Waals surface area contributed by atoms with Crippen molar-refractivity contribution in [2.45, 2.75) is 6.92 Å². The van der Waals surface area contributed by atoms with E-state index in [0.29, 0.717) is 0 Å². The van der Waals surface area contributed by atoms with Crippen molar-refractivity contribution in [1.82, 2.24) is 4.57 Å². The maximum Gasteiger partial charge on any atom is 0.444 e. The van der Waals surface area contributed by atoms with E-state index in [4.69, 9.17) is 8.85 Å². The molecular weight excluding hydrogens is 150 g/mol. The molecule has 0 aromatic rings. The summed E-state index contributed by atoms with van der Waals surface area (Å²) in [6.07, 6.45) is 0. The van der Waals surface area contributed by atoms with Crippen LogP contribution < -0.4 is 0 Å². The van der Waals surface area contributed by atoms with E-state index >= 15 is 0 Å². The number of hydrogen-bond acceptors (Lipinski definition) is 3. The molecule has 0 aliphatic carbocycles. The van der Waals surface area contributed by atoms with Crippen molar-refractivity contribution in [3.05, 3.63) is 0 Å². The third-order valence-electron chi connectivity index (χ3n) is 1.22. The van der Waals surface area contributed by atoms with Gasteiger partial charge < -0.3 is 13.4 Å². The molecule has 0 aliphatic rings. The maximum absolute atomic E-state index is 10.7. The molecule has 10 heavy (non-hydrogen) atoms. The first-order valence-corrected chi connectivity index (χ1v) is 4.38. The highest BCUT2D eigenvalue weighted by molar-refractivity contribution is 6.44. The second kappa shape index (κ2) is 4.43. The predicted molar refractivity (Wildman–Crippen MR) is 39.6 cm³/mol. The van der Waals surface area contributed by atoms with Gasteiger partial charge in [0.15, 0.2) is 0 Å². The Morgan fingerprint density at radius 1 is 1.40 bits per heavy atom. The molecule has 4 nitrogen and oxygen atoms in total. The molecule has 0 aromatic carbocycles. The lowest BCUT2D eigenvalue weighted by atomic mass is 10.7. The van der Waals surface area contributed by atoms with Crippen LogP contribution in [-0.4, -0.2) is 41.2 Å². The van der Waals surface area contributed by atoms with Gasteiger partial charge in [0, 0.05) is 28.2 Å². The van der Waals surface area contributed by atoms with E-state index in [-0.39, 0.29) is 5.91 Å². The molecule has 0 atom stereocenters. The zero-order valence-corrected chi connectivity index (χ0v) is 7.90. The fraction of sp³-hybridized carbons (Fsp3) is 0.800. The van der Waals surface area contributed by atoms with Crippen LogP contribution in [0.4, 0.5) is 0 Å². The van der Waals surface area contributed by atoms with Crippen molar-refractivity contribution >= 4 is 15.4 Å². The summed E-state index contributed by atoms with van der Waals surface area (Å²) in [6.45, 7) is 1.48. The van der Waals surface area contributed by atoms with Gasteiger partial charge >= 0.3 is 9.45 Å². The molecule has 60 valence electrons. The van der Waals surface area contributed by atoms with Crippen LogP contribution >= 0.6 is 0 Å². The van der Waals surface area contributed by atoms with Gasteiger partial charge in [-0.2, -0.15) is 0 Å². The number of hydrogen-bond donors (Lipinski definition) is 0. The standard InChI is InChI=1S/C5H13NO3Si/c1-5(7)6(2)10(8-3)9-4/h10H,1-4H3. The largest absolute Gasteiger partial charge is 0.444 e. The number of rotatable bonds is 3. The van der Waals surface area contributed by atoms with E-state index in [1.54, 1.807) is 21.3 Å². The van der Waals surface area contributed by atoms with Crippen LogP contribution in [0.5, 0.6) is 0 Å². The van der Waals surface area contributed by atoms with E-state index in [9.17, 15) is 4.79 Å². The van der Waals surface area contributed by atoms with Gasteiger partial charge in [-0.15, -0.1) is 0 Å². The minimum Gasteiger partial charge on any atom is -0.384 e. The molecule has 0 N–H and O–H groups in total. The normalized spacial score (nSPS) is 10.1. The highest BCUT2D eigenvalue weighted by Crippen LogP contribution is 1.92. The van der Waals surface area contributed by atoms with Crippen molar-refractivity contribution in [2.24, 2.45) is 0 Å². The Hall–Kier alpha value is -0.393. The number of carbonyl (C=O) groups is 1. The predicted octanol–water partition coefficient (Wildman–Crippen LogP) is -0.525. The van der Waals surface area contributed by atoms with Gasteiger partial charge in [0.2, 0.25) is 5.91 Å². The highest BCUT2D eigenvalue weighted by Gasteiger charge is 2.18. The molecule has 0 aromatic heterocycles. The molecule has 0 bridgehead atoms. The van der Waals surface area contributed by atoms with Crippen molar-refractivity contribution in [3.8, 4) is 0 Å². The molecule has 0 fully saturated rings. The minimum absolute atomic E-state index is 0.0274. The fourth-order valence-corrected chi connectivity index (χ4v) is 1.68. The molecule has 0 aliphatic heterocycles. The average Bonchev–Trinajstić information content (AvgIpc) is 1.90. The molecule has 0 saturated heterocycles. The van der Waals surface area contributed by atoms with E-state index in [2.05, 4.69) is 0 Å². The Balaban J connectivity index is 3.88. The second-order valence-electron chi connectivity index (χ2n) is 1.91. The van der Waals surface area contributed by atoms with Crippen LogP contribution in [-0.2, 0) is 13.6 Å². The SMILES string of the molecule is CO[SiH](OC)N(C)C(C)=O. The van der Waals surface area contributed by atoms with Gasteiger partial charge in [-0.25, -0.2) is 0 Å². The topological polar surface area (TPSA) is 38.8 Å². The Morgan fingerprint density at radius 2 is 1.80 bits per heavy atom. The maximum atomic E-state index is 10.7. The van der Waals surface area contributed by atoms with Gasteiger partial charge in [0.1, 0.15) is 0 Å². The van der Waals surface area contributed by atoms with E-state index in [1.807, 2.05) is 0 Å². The Morgan fingerprint density at radius 3 is 1.90 bits per heavy atom. The molecular formula is C5H13NO3Si. The third kappa shape index (κ3) is 2.46. The molecule has 1 amide bonds. The summed E-state index contributed by atoms with van der Waals surface area (Å²) < 4.78 is 11.4. The van der Waals surface area contributed by atoms with Crippen LogP contribution in [0.15, 0.2) is 0 Å². The van der Waals surface area contributed by atoms with Crippen LogP contribution in [0.2, 0.25) is 0 Å². The first-order chi connectivity index (χ1) is 4.63. The average molecular weight is 163 g/mol. The smallest absolute Gasteiger partial charge is 0.384 e. The third-order valence-corrected chi connectivity index (χ3v) is 3.02. The van der Waals surface area contributed by atoms with Crippen molar-refractivity contribution in [1.29, 1.82) is 0 Å². The van der Waals surface area contributed by atoms with E-state index in [0.717, 1.165) is 0 Å². The van der Waals surface area contributed by atoms with Crippen LogP contribution in [0.25, 0.3) is 0 Å². The zero-order chi connectivity index (χ0) is 8.15. The Kier molecular flexibility index (Phi) is 4.25. The molecule has 0 rings (SSSR count). The molecule has 0 unspecified atom stereocenters. The summed E-state index contributed by atoms with van der Waals surface area (Å²) in [5, 5.41) is 0. The lowest BCUT2D eigenvalue weighted by Gasteiger charge is -2.20. The summed E-state index contributed by atoms with van der Waals surface area (Å²) in [6, 6.07) is 0. The van der Waals surface area contributed by atoms with Gasteiger partial charge in [-0.05, 0) is 0 Å².